The van der Waals surface area contributed by atoms with Crippen LogP contribution in [0.3, 0.4) is 0 Å². The smallest absolute Gasteiger partial charge is 0.326 e. The Balaban J connectivity index is 1.52. The van der Waals surface area contributed by atoms with Crippen molar-refractivity contribution in [1.29, 1.82) is 0 Å². The molecule has 0 spiro atoms. The van der Waals surface area contributed by atoms with Gasteiger partial charge in [-0.15, -0.1) is 0 Å². The summed E-state index contributed by atoms with van der Waals surface area (Å²) in [5.74, 6) is 0.261. The van der Waals surface area contributed by atoms with Gasteiger partial charge in [0.2, 0.25) is 0 Å². The lowest BCUT2D eigenvalue weighted by Crippen LogP contribution is -2.22. The summed E-state index contributed by atoms with van der Waals surface area (Å²) in [7, 11) is 0. The summed E-state index contributed by atoms with van der Waals surface area (Å²) in [5, 5.41) is 6.98. The van der Waals surface area contributed by atoms with E-state index in [1.807, 2.05) is 36.4 Å². The van der Waals surface area contributed by atoms with Gasteiger partial charge in [0, 0.05) is 0 Å². The summed E-state index contributed by atoms with van der Waals surface area (Å²) in [4.78, 5) is 22.8. The molecule has 0 unspecified atom stereocenters. The van der Waals surface area contributed by atoms with Gasteiger partial charge < -0.3 is 10.1 Å². The molecule has 1 aliphatic rings. The average molecular weight is 423 g/mol. The molecule has 134 valence electrons. The average Bonchev–Trinajstić information content (AvgIpc) is 2.98. The largest absolute Gasteiger partial charge is 0.488 e. The Bertz CT molecular complexity index is 1090. The molecule has 0 bridgehead atoms. The van der Waals surface area contributed by atoms with Crippen LogP contribution in [0.2, 0.25) is 0 Å². The van der Waals surface area contributed by atoms with Crippen LogP contribution in [0.15, 0.2) is 70.8 Å². The fourth-order valence-electron chi connectivity index (χ4n) is 2.95. The molecule has 0 aliphatic carbocycles. The van der Waals surface area contributed by atoms with Crippen molar-refractivity contribution in [1.82, 2.24) is 10.6 Å². The topological polar surface area (TPSA) is 67.4 Å². The molecule has 1 fully saturated rings. The summed E-state index contributed by atoms with van der Waals surface area (Å²) >= 11 is 3.50. The number of hydrogen-bond donors (Lipinski definition) is 2. The highest BCUT2D eigenvalue weighted by molar-refractivity contribution is 9.10. The number of ether oxygens (including phenoxy) is 1. The van der Waals surface area contributed by atoms with Gasteiger partial charge in [0.25, 0.3) is 5.91 Å². The number of imide groups is 1. The van der Waals surface area contributed by atoms with Crippen LogP contribution in [0.1, 0.15) is 11.1 Å². The minimum Gasteiger partial charge on any atom is -0.488 e. The fourth-order valence-corrected chi connectivity index (χ4v) is 3.46. The molecule has 1 heterocycles. The van der Waals surface area contributed by atoms with Crippen LogP contribution in [0.5, 0.6) is 5.75 Å². The monoisotopic (exact) mass is 422 g/mol. The molecule has 0 aromatic heterocycles. The van der Waals surface area contributed by atoms with Crippen LogP contribution < -0.4 is 15.4 Å². The van der Waals surface area contributed by atoms with Crippen molar-refractivity contribution in [3.05, 3.63) is 82.0 Å². The van der Waals surface area contributed by atoms with Gasteiger partial charge in [-0.2, -0.15) is 0 Å². The van der Waals surface area contributed by atoms with E-state index in [2.05, 4.69) is 50.8 Å². The van der Waals surface area contributed by atoms with Crippen LogP contribution in [-0.2, 0) is 11.4 Å². The second-order valence-corrected chi connectivity index (χ2v) is 6.94. The van der Waals surface area contributed by atoms with Crippen LogP contribution in [0.25, 0.3) is 16.8 Å². The van der Waals surface area contributed by atoms with E-state index in [1.165, 1.54) is 10.8 Å². The van der Waals surface area contributed by atoms with Crippen LogP contribution >= 0.6 is 15.9 Å². The molecule has 1 saturated heterocycles. The third-order valence-electron chi connectivity index (χ3n) is 4.25. The fraction of sp³-hybridized carbons (Fsp3) is 0.0476. The third-order valence-corrected chi connectivity index (χ3v) is 4.87. The standard InChI is InChI=1S/C21H15BrN2O3/c22-17-10-13(11-18-20(25)24-21(26)23-18)8-9-19(17)27-12-15-6-3-5-14-4-1-2-7-16(14)15/h1-11H,12H2,(H2,23,24,25,26)/b18-11+. The predicted molar refractivity (Wildman–Crippen MR) is 107 cm³/mol. The Morgan fingerprint density at radius 1 is 0.963 bits per heavy atom. The van der Waals surface area contributed by atoms with E-state index < -0.39 is 11.9 Å². The minimum atomic E-state index is -0.514. The first-order valence-corrected chi connectivity index (χ1v) is 9.12. The van der Waals surface area contributed by atoms with Gasteiger partial charge in [-0.3, -0.25) is 10.1 Å². The Hall–Kier alpha value is -3.12. The second-order valence-electron chi connectivity index (χ2n) is 6.08. The van der Waals surface area contributed by atoms with Crippen molar-refractivity contribution in [3.63, 3.8) is 0 Å². The predicted octanol–water partition coefficient (Wildman–Crippen LogP) is 4.36. The second kappa shape index (κ2) is 7.25. The number of urea groups is 1. The molecule has 2 N–H and O–H groups in total. The molecule has 0 radical (unpaired) electrons. The summed E-state index contributed by atoms with van der Waals surface area (Å²) in [5.41, 5.74) is 2.10. The number of halogens is 1. The zero-order valence-corrected chi connectivity index (χ0v) is 15.7. The van der Waals surface area contributed by atoms with E-state index in [-0.39, 0.29) is 5.70 Å². The number of rotatable bonds is 4. The summed E-state index contributed by atoms with van der Waals surface area (Å²) in [6.07, 6.45) is 1.61. The Morgan fingerprint density at radius 2 is 1.78 bits per heavy atom. The van der Waals surface area contributed by atoms with E-state index in [9.17, 15) is 9.59 Å². The highest BCUT2D eigenvalue weighted by Crippen LogP contribution is 2.29. The lowest BCUT2D eigenvalue weighted by molar-refractivity contribution is -0.115. The number of carbonyl (C=O) groups excluding carboxylic acids is 2. The van der Waals surface area contributed by atoms with E-state index in [4.69, 9.17) is 4.74 Å². The van der Waals surface area contributed by atoms with Gasteiger partial charge in [-0.05, 0) is 56.0 Å². The van der Waals surface area contributed by atoms with Crippen molar-refractivity contribution in [3.8, 4) is 5.75 Å². The molecule has 5 nitrogen and oxygen atoms in total. The lowest BCUT2D eigenvalue weighted by atomic mass is 10.1. The maximum atomic E-state index is 11.6. The molecule has 4 rings (SSSR count). The number of amides is 3. The van der Waals surface area contributed by atoms with Gasteiger partial charge in [0.1, 0.15) is 18.1 Å². The maximum Gasteiger partial charge on any atom is 0.326 e. The summed E-state index contributed by atoms with van der Waals surface area (Å²) in [6.45, 7) is 0.443. The Morgan fingerprint density at radius 3 is 2.56 bits per heavy atom. The van der Waals surface area contributed by atoms with Crippen molar-refractivity contribution in [2.45, 2.75) is 6.61 Å². The van der Waals surface area contributed by atoms with Gasteiger partial charge in [-0.25, -0.2) is 4.79 Å². The minimum absolute atomic E-state index is 0.219. The maximum absolute atomic E-state index is 11.6. The highest BCUT2D eigenvalue weighted by Gasteiger charge is 2.22. The van der Waals surface area contributed by atoms with Gasteiger partial charge >= 0.3 is 6.03 Å². The first-order valence-electron chi connectivity index (χ1n) is 8.33. The van der Waals surface area contributed by atoms with Crippen LogP contribution in [-0.4, -0.2) is 11.9 Å². The first-order chi connectivity index (χ1) is 13.1. The number of fused-ring (bicyclic) bond motifs is 1. The zero-order chi connectivity index (χ0) is 18.8. The number of carbonyl (C=O) groups is 2. The molecule has 6 heteroatoms. The number of hydrogen-bond acceptors (Lipinski definition) is 3. The van der Waals surface area contributed by atoms with Crippen LogP contribution in [0.4, 0.5) is 4.79 Å². The number of benzene rings is 3. The van der Waals surface area contributed by atoms with E-state index in [1.54, 1.807) is 6.08 Å². The Kier molecular flexibility index (Phi) is 4.64. The van der Waals surface area contributed by atoms with Gasteiger partial charge in [0.15, 0.2) is 0 Å². The molecule has 3 amide bonds. The molecular weight excluding hydrogens is 408 g/mol. The first kappa shape index (κ1) is 17.3. The van der Waals surface area contributed by atoms with Crippen LogP contribution in [0, 0.1) is 0 Å². The van der Waals surface area contributed by atoms with E-state index in [0.29, 0.717) is 12.4 Å². The summed E-state index contributed by atoms with van der Waals surface area (Å²) < 4.78 is 6.74. The molecule has 0 atom stereocenters. The molecule has 3 aromatic rings. The van der Waals surface area contributed by atoms with Gasteiger partial charge in [0.05, 0.1) is 4.47 Å². The number of nitrogens with one attached hydrogen (secondary N) is 2. The van der Waals surface area contributed by atoms with Crippen molar-refractivity contribution in [2.75, 3.05) is 0 Å². The molecule has 0 saturated carbocycles. The molecule has 1 aliphatic heterocycles. The quantitative estimate of drug-likeness (QED) is 0.484. The third kappa shape index (κ3) is 3.71. The van der Waals surface area contributed by atoms with Crippen molar-refractivity contribution < 1.29 is 14.3 Å². The molecular formula is C21H15BrN2O3. The molecule has 3 aromatic carbocycles. The van der Waals surface area contributed by atoms with Crippen molar-refractivity contribution in [2.24, 2.45) is 0 Å². The molecule has 27 heavy (non-hydrogen) atoms. The lowest BCUT2D eigenvalue weighted by Gasteiger charge is -2.11. The zero-order valence-electron chi connectivity index (χ0n) is 14.2. The normalized spacial score (nSPS) is 15.1. The Labute approximate surface area is 164 Å². The van der Waals surface area contributed by atoms with Gasteiger partial charge in [-0.1, -0.05) is 48.5 Å². The van der Waals surface area contributed by atoms with E-state index >= 15 is 0 Å². The SMILES string of the molecule is O=C1NC(=O)/C(=C\c2ccc(OCc3cccc4ccccc34)c(Br)c2)N1. The highest BCUT2D eigenvalue weighted by atomic mass is 79.9. The van der Waals surface area contributed by atoms with E-state index in [0.717, 1.165) is 15.6 Å². The van der Waals surface area contributed by atoms with Crippen molar-refractivity contribution >= 4 is 44.7 Å². The summed E-state index contributed by atoms with van der Waals surface area (Å²) in [6, 6.07) is 19.3.